The van der Waals surface area contributed by atoms with E-state index in [1.807, 2.05) is 25.2 Å². The van der Waals surface area contributed by atoms with Crippen molar-refractivity contribution < 1.29 is 19.0 Å². The minimum atomic E-state index is -0.0480. The molecule has 1 aromatic carbocycles. The smallest absolute Gasteiger partial charge is 0.317 e. The number of urea groups is 1. The van der Waals surface area contributed by atoms with Crippen LogP contribution in [0.5, 0.6) is 11.5 Å². The van der Waals surface area contributed by atoms with Gasteiger partial charge in [0.25, 0.3) is 0 Å². The molecule has 0 unspecified atom stereocenters. The Kier molecular flexibility index (Phi) is 9.25. The second-order valence-corrected chi connectivity index (χ2v) is 7.08. The third kappa shape index (κ3) is 7.29. The summed E-state index contributed by atoms with van der Waals surface area (Å²) in [6.07, 6.45) is 8.32. The lowest BCUT2D eigenvalue weighted by Gasteiger charge is -2.22. The van der Waals surface area contributed by atoms with Crippen LogP contribution in [-0.4, -0.2) is 58.0 Å². The Bertz CT molecular complexity index is 573. The van der Waals surface area contributed by atoms with Gasteiger partial charge < -0.3 is 24.4 Å². The molecule has 1 saturated carbocycles. The van der Waals surface area contributed by atoms with Crippen molar-refractivity contribution >= 4 is 6.03 Å². The first-order valence-electron chi connectivity index (χ1n) is 9.95. The second-order valence-electron chi connectivity index (χ2n) is 7.08. The molecule has 2 amide bonds. The number of methoxy groups -OCH3 is 2. The first kappa shape index (κ1) is 21.4. The van der Waals surface area contributed by atoms with Crippen LogP contribution in [0.4, 0.5) is 4.79 Å². The highest BCUT2D eigenvalue weighted by molar-refractivity contribution is 5.73. The Morgan fingerprint density at radius 2 is 1.89 bits per heavy atom. The summed E-state index contributed by atoms with van der Waals surface area (Å²) >= 11 is 0. The number of ether oxygens (including phenoxy) is 3. The highest BCUT2D eigenvalue weighted by atomic mass is 16.5. The van der Waals surface area contributed by atoms with Gasteiger partial charge in [0, 0.05) is 26.7 Å². The number of hydrogen-bond donors (Lipinski definition) is 1. The lowest BCUT2D eigenvalue weighted by Crippen LogP contribution is -2.39. The van der Waals surface area contributed by atoms with Crippen LogP contribution in [-0.2, 0) is 11.2 Å². The van der Waals surface area contributed by atoms with E-state index >= 15 is 0 Å². The number of carbonyl (C=O) groups is 1. The first-order valence-corrected chi connectivity index (χ1v) is 9.95. The maximum atomic E-state index is 12.2. The molecule has 0 saturated heterocycles. The van der Waals surface area contributed by atoms with Crippen molar-refractivity contribution in [1.29, 1.82) is 0 Å². The van der Waals surface area contributed by atoms with Gasteiger partial charge in [-0.3, -0.25) is 0 Å². The largest absolute Gasteiger partial charge is 0.493 e. The Hall–Kier alpha value is -1.95. The molecule has 0 bridgehead atoms. The van der Waals surface area contributed by atoms with E-state index in [2.05, 4.69) is 5.32 Å². The van der Waals surface area contributed by atoms with Crippen LogP contribution in [0.2, 0.25) is 0 Å². The van der Waals surface area contributed by atoms with Gasteiger partial charge in [0.15, 0.2) is 11.5 Å². The number of rotatable bonds is 10. The van der Waals surface area contributed by atoms with Gasteiger partial charge in [0.1, 0.15) is 0 Å². The zero-order valence-corrected chi connectivity index (χ0v) is 17.0. The summed E-state index contributed by atoms with van der Waals surface area (Å²) in [5.74, 6) is 1.42. The van der Waals surface area contributed by atoms with E-state index < -0.39 is 0 Å². The summed E-state index contributed by atoms with van der Waals surface area (Å²) < 4.78 is 16.5. The molecule has 1 N–H and O–H groups in total. The number of nitrogens with one attached hydrogen (secondary N) is 1. The van der Waals surface area contributed by atoms with Crippen molar-refractivity contribution in [3.8, 4) is 11.5 Å². The molecule has 0 atom stereocenters. The molecule has 1 aliphatic carbocycles. The molecule has 6 nitrogen and oxygen atoms in total. The van der Waals surface area contributed by atoms with Gasteiger partial charge in [0.05, 0.1) is 20.3 Å². The van der Waals surface area contributed by atoms with Crippen molar-refractivity contribution in [2.75, 3.05) is 41.0 Å². The minimum absolute atomic E-state index is 0.0480. The van der Waals surface area contributed by atoms with E-state index in [1.165, 1.54) is 32.1 Å². The van der Waals surface area contributed by atoms with Gasteiger partial charge in [-0.25, -0.2) is 4.79 Å². The van der Waals surface area contributed by atoms with Crippen LogP contribution in [0.1, 0.15) is 44.1 Å². The van der Waals surface area contributed by atoms with E-state index in [4.69, 9.17) is 14.2 Å². The predicted molar refractivity (Wildman–Crippen MR) is 107 cm³/mol. The normalized spacial score (nSPS) is 14.6. The average molecular weight is 379 g/mol. The predicted octanol–water partition coefficient (Wildman–Crippen LogP) is 3.63. The molecule has 0 aromatic heterocycles. The van der Waals surface area contributed by atoms with Gasteiger partial charge in [-0.15, -0.1) is 0 Å². The first-order chi connectivity index (χ1) is 13.1. The van der Waals surface area contributed by atoms with Crippen LogP contribution in [0.15, 0.2) is 18.2 Å². The number of carbonyl (C=O) groups excluding carboxylic acids is 1. The highest BCUT2D eigenvalue weighted by Crippen LogP contribution is 2.27. The highest BCUT2D eigenvalue weighted by Gasteiger charge is 2.13. The molecule has 0 spiro atoms. The van der Waals surface area contributed by atoms with Crippen molar-refractivity contribution in [2.24, 2.45) is 0 Å². The maximum absolute atomic E-state index is 12.2. The average Bonchev–Trinajstić information content (AvgIpc) is 2.72. The Labute approximate surface area is 163 Å². The zero-order valence-electron chi connectivity index (χ0n) is 17.0. The number of amides is 2. The maximum Gasteiger partial charge on any atom is 0.317 e. The molecule has 6 heteroatoms. The fourth-order valence-electron chi connectivity index (χ4n) is 3.32. The summed E-state index contributed by atoms with van der Waals surface area (Å²) in [5, 5.41) is 2.96. The van der Waals surface area contributed by atoms with Crippen LogP contribution >= 0.6 is 0 Å². The number of hydrogen-bond acceptors (Lipinski definition) is 4. The lowest BCUT2D eigenvalue weighted by molar-refractivity contribution is 0.0275. The molecule has 2 rings (SSSR count). The van der Waals surface area contributed by atoms with Crippen molar-refractivity contribution in [3.05, 3.63) is 23.8 Å². The summed E-state index contributed by atoms with van der Waals surface area (Å²) in [6, 6.07) is 5.79. The Morgan fingerprint density at radius 1 is 1.15 bits per heavy atom. The third-order valence-corrected chi connectivity index (χ3v) is 5.03. The quantitative estimate of drug-likeness (QED) is 0.632. The molecule has 0 aliphatic heterocycles. The van der Waals surface area contributed by atoms with Crippen molar-refractivity contribution in [3.63, 3.8) is 0 Å². The zero-order chi connectivity index (χ0) is 19.5. The number of nitrogens with zero attached hydrogens (tertiary/aromatic N) is 1. The number of benzene rings is 1. The SMILES string of the molecule is COc1ccc(CCN(C)C(=O)NCCCOC2CCCCC2)cc1OC. The monoisotopic (exact) mass is 378 g/mol. The minimum Gasteiger partial charge on any atom is -0.493 e. The van der Waals surface area contributed by atoms with E-state index in [1.54, 1.807) is 19.1 Å². The van der Waals surface area contributed by atoms with Crippen LogP contribution in [0, 0.1) is 0 Å². The Balaban J connectivity index is 1.62. The van der Waals surface area contributed by atoms with Gasteiger partial charge in [-0.2, -0.15) is 0 Å². The van der Waals surface area contributed by atoms with Gasteiger partial charge in [-0.05, 0) is 43.4 Å². The van der Waals surface area contributed by atoms with E-state index in [9.17, 15) is 4.79 Å². The number of likely N-dealkylation sites (N-methyl/N-ethyl adjacent to an activating group) is 1. The summed E-state index contributed by atoms with van der Waals surface area (Å²) in [7, 11) is 5.06. The molecule has 27 heavy (non-hydrogen) atoms. The second kappa shape index (κ2) is 11.7. The lowest BCUT2D eigenvalue weighted by atomic mass is 9.98. The van der Waals surface area contributed by atoms with Gasteiger partial charge >= 0.3 is 6.03 Å². The summed E-state index contributed by atoms with van der Waals surface area (Å²) in [5.41, 5.74) is 1.10. The standard InChI is InChI=1S/C21H34N2O4/c1-23(14-12-17-10-11-19(25-2)20(16-17)26-3)21(24)22-13-7-15-27-18-8-5-4-6-9-18/h10-11,16,18H,4-9,12-15H2,1-3H3,(H,22,24). The van der Waals surface area contributed by atoms with Crippen LogP contribution in [0.25, 0.3) is 0 Å². The van der Waals surface area contributed by atoms with E-state index in [0.29, 0.717) is 30.7 Å². The molecular formula is C21H34N2O4. The van der Waals surface area contributed by atoms with Crippen LogP contribution < -0.4 is 14.8 Å². The molecule has 0 heterocycles. The molecule has 1 fully saturated rings. The Morgan fingerprint density at radius 3 is 2.59 bits per heavy atom. The van der Waals surface area contributed by atoms with Gasteiger partial charge in [0.2, 0.25) is 0 Å². The van der Waals surface area contributed by atoms with Crippen LogP contribution in [0.3, 0.4) is 0 Å². The molecule has 0 radical (unpaired) electrons. The van der Waals surface area contributed by atoms with E-state index in [0.717, 1.165) is 25.0 Å². The fraction of sp³-hybridized carbons (Fsp3) is 0.667. The topological polar surface area (TPSA) is 60.0 Å². The summed E-state index contributed by atoms with van der Waals surface area (Å²) in [4.78, 5) is 13.9. The van der Waals surface area contributed by atoms with Crippen molar-refractivity contribution in [2.45, 2.75) is 51.0 Å². The molecule has 152 valence electrons. The fourth-order valence-corrected chi connectivity index (χ4v) is 3.32. The van der Waals surface area contributed by atoms with E-state index in [-0.39, 0.29) is 6.03 Å². The van der Waals surface area contributed by atoms with Crippen molar-refractivity contribution in [1.82, 2.24) is 10.2 Å². The molecular weight excluding hydrogens is 344 g/mol. The van der Waals surface area contributed by atoms with Gasteiger partial charge in [-0.1, -0.05) is 25.3 Å². The third-order valence-electron chi connectivity index (χ3n) is 5.03. The molecule has 1 aromatic rings. The molecule has 1 aliphatic rings. The summed E-state index contributed by atoms with van der Waals surface area (Å²) in [6.45, 7) is 2.01.